The lowest BCUT2D eigenvalue weighted by molar-refractivity contribution is -0.231. The first-order valence-electron chi connectivity index (χ1n) is 13.8. The summed E-state index contributed by atoms with van der Waals surface area (Å²) in [5, 5.41) is 51.2. The maximum absolute atomic E-state index is 13.4. The number of aliphatic hydroxyl groups excluding tert-OH is 4. The predicted molar refractivity (Wildman–Crippen MR) is 149 cm³/mol. The molecule has 1 saturated heterocycles. The molecule has 5 atom stereocenters. The van der Waals surface area contributed by atoms with Crippen molar-refractivity contribution in [3.8, 4) is 22.6 Å². The highest BCUT2D eigenvalue weighted by Crippen LogP contribution is 2.40. The summed E-state index contributed by atoms with van der Waals surface area (Å²) in [7, 11) is 0. The van der Waals surface area contributed by atoms with Crippen molar-refractivity contribution >= 4 is 11.0 Å². The SMILES string of the molecule is CCCN(CCC)CCCOc1ccc(-c2coc3c([C@@H]4O[C@H](CO)[C@@H](O)[C@H](O)[C@H]4O)c(O)ccc3c2=O)cc1. The minimum atomic E-state index is -1.65. The van der Waals surface area contributed by atoms with E-state index in [-0.39, 0.29) is 27.7 Å². The summed E-state index contributed by atoms with van der Waals surface area (Å²) in [6.45, 7) is 7.47. The van der Waals surface area contributed by atoms with Crippen LogP contribution in [0.1, 0.15) is 44.8 Å². The second-order valence-electron chi connectivity index (χ2n) is 10.2. The molecule has 5 N–H and O–H groups in total. The molecule has 2 aromatic carbocycles. The number of aromatic hydroxyl groups is 1. The van der Waals surface area contributed by atoms with Crippen LogP contribution in [0.25, 0.3) is 22.1 Å². The van der Waals surface area contributed by atoms with Gasteiger partial charge in [-0.1, -0.05) is 26.0 Å². The van der Waals surface area contributed by atoms with Gasteiger partial charge in [0, 0.05) is 6.54 Å². The van der Waals surface area contributed by atoms with Crippen molar-refractivity contribution in [1.29, 1.82) is 0 Å². The number of ether oxygens (including phenoxy) is 2. The zero-order valence-corrected chi connectivity index (χ0v) is 22.9. The predicted octanol–water partition coefficient (Wildman–Crippen LogP) is 2.57. The molecule has 1 aromatic heterocycles. The molecule has 0 bridgehead atoms. The van der Waals surface area contributed by atoms with Gasteiger partial charge in [-0.25, -0.2) is 0 Å². The molecule has 0 aliphatic carbocycles. The monoisotopic (exact) mass is 557 g/mol. The molecular weight excluding hydrogens is 518 g/mol. The van der Waals surface area contributed by atoms with E-state index >= 15 is 0 Å². The summed E-state index contributed by atoms with van der Waals surface area (Å²) in [4.78, 5) is 15.9. The highest BCUT2D eigenvalue weighted by Gasteiger charge is 2.45. The lowest BCUT2D eigenvalue weighted by Crippen LogP contribution is -2.55. The van der Waals surface area contributed by atoms with Crippen molar-refractivity contribution in [3.63, 3.8) is 0 Å². The molecule has 1 aliphatic heterocycles. The Hall–Kier alpha value is -2.99. The molecule has 10 heteroatoms. The van der Waals surface area contributed by atoms with Crippen molar-refractivity contribution in [1.82, 2.24) is 4.90 Å². The molecular formula is C30H39NO9. The summed E-state index contributed by atoms with van der Waals surface area (Å²) in [5.74, 6) is 0.364. The fourth-order valence-electron chi connectivity index (χ4n) is 5.20. The van der Waals surface area contributed by atoms with Crippen LogP contribution in [0.3, 0.4) is 0 Å². The van der Waals surface area contributed by atoms with Crippen molar-refractivity contribution in [3.05, 3.63) is 58.4 Å². The van der Waals surface area contributed by atoms with Gasteiger partial charge in [0.1, 0.15) is 53.9 Å². The Balaban J connectivity index is 1.53. The third-order valence-corrected chi connectivity index (χ3v) is 7.27. The Labute approximate surface area is 233 Å². The highest BCUT2D eigenvalue weighted by molar-refractivity contribution is 5.86. The van der Waals surface area contributed by atoms with Gasteiger partial charge in [-0.3, -0.25) is 4.79 Å². The highest BCUT2D eigenvalue weighted by atomic mass is 16.5. The largest absolute Gasteiger partial charge is 0.507 e. The number of hydrogen-bond acceptors (Lipinski definition) is 10. The van der Waals surface area contributed by atoms with Gasteiger partial charge in [0.05, 0.1) is 29.7 Å². The molecule has 4 rings (SSSR count). The van der Waals surface area contributed by atoms with Gasteiger partial charge in [-0.15, -0.1) is 0 Å². The lowest BCUT2D eigenvalue weighted by atomic mass is 9.89. The molecule has 0 spiro atoms. The summed E-state index contributed by atoms with van der Waals surface area (Å²) in [5.41, 5.74) is 0.450. The smallest absolute Gasteiger partial charge is 0.200 e. The van der Waals surface area contributed by atoms with Gasteiger partial charge in [-0.2, -0.15) is 0 Å². The number of fused-ring (bicyclic) bond motifs is 1. The molecule has 3 aromatic rings. The number of benzene rings is 2. The number of phenols is 1. The van der Waals surface area contributed by atoms with Crippen LogP contribution < -0.4 is 10.2 Å². The van der Waals surface area contributed by atoms with Crippen LogP contribution in [0.2, 0.25) is 0 Å². The van der Waals surface area contributed by atoms with E-state index in [0.717, 1.165) is 38.9 Å². The Kier molecular flexibility index (Phi) is 10.2. The maximum atomic E-state index is 13.4. The van der Waals surface area contributed by atoms with Crippen LogP contribution in [0.5, 0.6) is 11.5 Å². The average molecular weight is 558 g/mol. The molecule has 40 heavy (non-hydrogen) atoms. The first-order valence-corrected chi connectivity index (χ1v) is 13.8. The van der Waals surface area contributed by atoms with E-state index in [1.165, 1.54) is 18.4 Å². The normalized spacial score (nSPS) is 23.1. The first kappa shape index (κ1) is 30.0. The fourth-order valence-corrected chi connectivity index (χ4v) is 5.20. The minimum Gasteiger partial charge on any atom is -0.507 e. The third-order valence-electron chi connectivity index (χ3n) is 7.27. The van der Waals surface area contributed by atoms with Crippen LogP contribution >= 0.6 is 0 Å². The molecule has 218 valence electrons. The Morgan fingerprint density at radius 3 is 2.27 bits per heavy atom. The molecule has 1 fully saturated rings. The average Bonchev–Trinajstić information content (AvgIpc) is 2.95. The van der Waals surface area contributed by atoms with Crippen LogP contribution in [0.4, 0.5) is 0 Å². The van der Waals surface area contributed by atoms with E-state index in [0.29, 0.717) is 23.5 Å². The Bertz CT molecular complexity index is 1300. The van der Waals surface area contributed by atoms with Gasteiger partial charge in [-0.05, 0) is 62.2 Å². The van der Waals surface area contributed by atoms with E-state index < -0.39 is 37.1 Å². The minimum absolute atomic E-state index is 0.0294. The molecule has 0 unspecified atom stereocenters. The fraction of sp³-hybridized carbons (Fsp3) is 0.500. The summed E-state index contributed by atoms with van der Waals surface area (Å²) >= 11 is 0. The second kappa shape index (κ2) is 13.6. The number of nitrogens with zero attached hydrogens (tertiary/aromatic N) is 1. The van der Waals surface area contributed by atoms with E-state index in [2.05, 4.69) is 18.7 Å². The van der Waals surface area contributed by atoms with Gasteiger partial charge in [0.15, 0.2) is 0 Å². The van der Waals surface area contributed by atoms with Crippen molar-refractivity contribution in [2.24, 2.45) is 0 Å². The van der Waals surface area contributed by atoms with Gasteiger partial charge in [0.25, 0.3) is 0 Å². The molecule has 0 saturated carbocycles. The summed E-state index contributed by atoms with van der Waals surface area (Å²) in [6, 6.07) is 9.82. The van der Waals surface area contributed by atoms with E-state index in [4.69, 9.17) is 13.9 Å². The third kappa shape index (κ3) is 6.33. The van der Waals surface area contributed by atoms with E-state index in [1.54, 1.807) is 24.3 Å². The summed E-state index contributed by atoms with van der Waals surface area (Å²) in [6.07, 6.45) is -2.96. The Morgan fingerprint density at radius 2 is 1.62 bits per heavy atom. The molecule has 2 heterocycles. The zero-order chi connectivity index (χ0) is 28.8. The number of hydrogen-bond donors (Lipinski definition) is 5. The standard InChI is InChI=1S/C30H39NO9/c1-3-12-31(13-4-2)14-5-15-38-19-8-6-18(7-9-19)21-17-39-29-20(25(21)34)10-11-22(33)24(29)30-28(37)27(36)26(35)23(16-32)40-30/h6-11,17,23,26-28,30,32-33,35-37H,3-5,12-16H2,1-2H3/t23-,26-,27+,28-,30+/m1/s1. The number of phenolic OH excluding ortho intramolecular Hbond substituents is 1. The van der Waals surface area contributed by atoms with Gasteiger partial charge >= 0.3 is 0 Å². The second-order valence-corrected chi connectivity index (χ2v) is 10.2. The number of aliphatic hydroxyl groups is 4. The van der Waals surface area contributed by atoms with Crippen LogP contribution in [0, 0.1) is 0 Å². The molecule has 0 radical (unpaired) electrons. The van der Waals surface area contributed by atoms with Crippen molar-refractivity contribution in [2.45, 2.75) is 63.6 Å². The van der Waals surface area contributed by atoms with Gasteiger partial charge < -0.3 is 44.3 Å². The van der Waals surface area contributed by atoms with Gasteiger partial charge in [0.2, 0.25) is 5.43 Å². The number of rotatable bonds is 12. The lowest BCUT2D eigenvalue weighted by Gasteiger charge is -2.40. The van der Waals surface area contributed by atoms with Crippen LogP contribution in [0.15, 0.2) is 51.9 Å². The van der Waals surface area contributed by atoms with Crippen LogP contribution in [-0.2, 0) is 4.74 Å². The van der Waals surface area contributed by atoms with Crippen LogP contribution in [-0.4, -0.2) is 87.7 Å². The quantitative estimate of drug-likeness (QED) is 0.210. The van der Waals surface area contributed by atoms with Crippen molar-refractivity contribution < 1.29 is 39.4 Å². The maximum Gasteiger partial charge on any atom is 0.200 e. The van der Waals surface area contributed by atoms with E-state index in [1.807, 2.05) is 0 Å². The Morgan fingerprint density at radius 1 is 0.925 bits per heavy atom. The zero-order valence-electron chi connectivity index (χ0n) is 22.9. The van der Waals surface area contributed by atoms with E-state index in [9.17, 15) is 30.3 Å². The molecule has 1 aliphatic rings. The first-order chi connectivity index (χ1) is 19.3. The molecule has 10 nitrogen and oxygen atoms in total. The topological polar surface area (TPSA) is 153 Å². The summed E-state index contributed by atoms with van der Waals surface area (Å²) < 4.78 is 17.3. The van der Waals surface area contributed by atoms with Crippen molar-refractivity contribution in [2.75, 3.05) is 32.8 Å². The molecule has 0 amide bonds.